The number of hydrogen-bond donors (Lipinski definition) is 0. The summed E-state index contributed by atoms with van der Waals surface area (Å²) in [5.74, 6) is -3.51. The summed E-state index contributed by atoms with van der Waals surface area (Å²) in [4.78, 5) is 67.9. The van der Waals surface area contributed by atoms with Gasteiger partial charge >= 0.3 is 5.97 Å². The van der Waals surface area contributed by atoms with Gasteiger partial charge in [-0.25, -0.2) is 9.80 Å². The van der Waals surface area contributed by atoms with E-state index in [0.29, 0.717) is 21.9 Å². The fraction of sp³-hybridized carbons (Fsp3) is 0.242. The summed E-state index contributed by atoms with van der Waals surface area (Å²) >= 11 is 24.4. The van der Waals surface area contributed by atoms with Gasteiger partial charge in [0.05, 0.1) is 33.0 Å². The van der Waals surface area contributed by atoms with Crippen molar-refractivity contribution < 1.29 is 28.7 Å². The van der Waals surface area contributed by atoms with Crippen molar-refractivity contribution in [2.24, 2.45) is 35.5 Å². The van der Waals surface area contributed by atoms with Crippen LogP contribution >= 0.6 is 46.4 Å². The highest BCUT2D eigenvalue weighted by atomic mass is 35.5. The van der Waals surface area contributed by atoms with Crippen LogP contribution in [-0.2, 0) is 9.59 Å². The van der Waals surface area contributed by atoms with E-state index in [1.807, 2.05) is 12.2 Å². The Labute approximate surface area is 277 Å². The molecular formula is C33H22Cl4N2O6. The number of hydrogen-bond acceptors (Lipinski definition) is 6. The summed E-state index contributed by atoms with van der Waals surface area (Å²) in [6.45, 7) is -0.621. The number of esters is 1. The second-order valence-electron chi connectivity index (χ2n) is 11.6. The maximum atomic E-state index is 13.9. The normalized spacial score (nSPS) is 25.6. The van der Waals surface area contributed by atoms with Crippen molar-refractivity contribution in [3.63, 3.8) is 0 Å². The molecule has 1 aliphatic heterocycles. The van der Waals surface area contributed by atoms with Gasteiger partial charge in [-0.05, 0) is 90.8 Å². The third-order valence-electron chi connectivity index (χ3n) is 9.11. The first kappa shape index (κ1) is 30.0. The molecule has 3 fully saturated rings. The summed E-state index contributed by atoms with van der Waals surface area (Å²) in [6, 6.07) is 14.2. The molecule has 6 atom stereocenters. The van der Waals surface area contributed by atoms with Gasteiger partial charge < -0.3 is 4.74 Å². The number of halogens is 4. The van der Waals surface area contributed by atoms with Crippen molar-refractivity contribution in [3.8, 4) is 5.75 Å². The second-order valence-corrected chi connectivity index (χ2v) is 13.3. The van der Waals surface area contributed by atoms with E-state index in [2.05, 4.69) is 0 Å². The average molecular weight is 684 g/mol. The minimum Gasteiger partial charge on any atom is -0.423 e. The van der Waals surface area contributed by atoms with Crippen molar-refractivity contribution in [3.05, 3.63) is 110 Å². The summed E-state index contributed by atoms with van der Waals surface area (Å²) < 4.78 is 5.39. The number of rotatable bonds is 7. The first-order valence-electron chi connectivity index (χ1n) is 14.2. The van der Waals surface area contributed by atoms with Gasteiger partial charge in [0, 0.05) is 15.6 Å². The number of Topliss-reactive ketones (excluding diaryl/α,β-unsaturated/α-hetero) is 1. The molecule has 0 aromatic heterocycles. The molecule has 0 N–H and O–H groups in total. The van der Waals surface area contributed by atoms with Gasteiger partial charge in [-0.1, -0.05) is 58.6 Å². The number of ketones is 1. The lowest BCUT2D eigenvalue weighted by Gasteiger charge is -2.37. The maximum Gasteiger partial charge on any atom is 0.345 e. The van der Waals surface area contributed by atoms with Gasteiger partial charge in [-0.3, -0.25) is 19.2 Å². The summed E-state index contributed by atoms with van der Waals surface area (Å²) in [5, 5.41) is 2.53. The number of amides is 3. The summed E-state index contributed by atoms with van der Waals surface area (Å²) in [7, 11) is 0. The predicted molar refractivity (Wildman–Crippen MR) is 166 cm³/mol. The highest BCUT2D eigenvalue weighted by Gasteiger charge is 2.68. The van der Waals surface area contributed by atoms with Gasteiger partial charge in [0.1, 0.15) is 12.3 Å². The van der Waals surface area contributed by atoms with E-state index in [1.165, 1.54) is 60.7 Å². The molecule has 1 saturated heterocycles. The van der Waals surface area contributed by atoms with Crippen LogP contribution in [0, 0.1) is 35.5 Å². The zero-order chi connectivity index (χ0) is 31.7. The smallest absolute Gasteiger partial charge is 0.345 e. The molecule has 8 nitrogen and oxygen atoms in total. The molecule has 0 unspecified atom stereocenters. The topological polar surface area (TPSA) is 101 Å². The lowest BCUT2D eigenvalue weighted by Crippen LogP contribution is -2.52. The molecule has 0 radical (unpaired) electrons. The quantitative estimate of drug-likeness (QED) is 0.0892. The standard InChI is InChI=1S/C33H22Cl4N2O6/c34-16-3-7-21(25(36)11-16)30(41)38(39-31(42)28-19-9-10-20(24-13-23(19)24)29(28)32(39)43)14-27(40)15-1-5-18(6-2-15)45-33(44)22-8-4-17(35)12-26(22)37/h1-12,19-20,23-24,28-29H,13-14H2/t19-,20-,23-,24+,28+,29+/m0/s1. The van der Waals surface area contributed by atoms with E-state index >= 15 is 0 Å². The van der Waals surface area contributed by atoms with Crippen molar-refractivity contribution in [1.82, 2.24) is 10.0 Å². The Morgan fingerprint density at radius 3 is 1.82 bits per heavy atom. The SMILES string of the molecule is O=C(CN(C(=O)c1ccc(Cl)cc1Cl)N1C(=O)[C@@H]2[C@H]3C=C[C@@H]([C@@H]4C[C@H]34)[C@H]2C1=O)c1ccc(OC(=O)c2ccc(Cl)cc2Cl)cc1. The fourth-order valence-corrected chi connectivity index (χ4v) is 7.94. The van der Waals surface area contributed by atoms with Gasteiger partial charge in [-0.15, -0.1) is 0 Å². The van der Waals surface area contributed by atoms with Crippen LogP contribution in [0.25, 0.3) is 0 Å². The third-order valence-corrected chi connectivity index (χ3v) is 10.2. The van der Waals surface area contributed by atoms with Crippen molar-refractivity contribution >= 4 is 75.9 Å². The van der Waals surface area contributed by atoms with Crippen LogP contribution in [0.5, 0.6) is 5.75 Å². The molecule has 8 rings (SSSR count). The zero-order valence-corrected chi connectivity index (χ0v) is 26.2. The van der Waals surface area contributed by atoms with E-state index in [1.54, 1.807) is 0 Å². The van der Waals surface area contributed by atoms with Crippen LogP contribution in [0.4, 0.5) is 0 Å². The average Bonchev–Trinajstić information content (AvgIpc) is 3.79. The van der Waals surface area contributed by atoms with E-state index < -0.39 is 47.9 Å². The molecule has 2 bridgehead atoms. The van der Waals surface area contributed by atoms with E-state index in [0.717, 1.165) is 16.4 Å². The fourth-order valence-electron chi connectivity index (χ4n) is 6.97. The van der Waals surface area contributed by atoms with E-state index in [9.17, 15) is 24.0 Å². The Hall–Kier alpha value is -3.69. The largest absolute Gasteiger partial charge is 0.423 e. The Balaban J connectivity index is 1.15. The van der Waals surface area contributed by atoms with Crippen molar-refractivity contribution in [2.75, 3.05) is 6.54 Å². The zero-order valence-electron chi connectivity index (χ0n) is 23.2. The van der Waals surface area contributed by atoms with Crippen LogP contribution in [-0.4, -0.2) is 46.0 Å². The van der Waals surface area contributed by atoms with Crippen LogP contribution in [0.15, 0.2) is 72.8 Å². The highest BCUT2D eigenvalue weighted by Crippen LogP contribution is 2.65. The first-order chi connectivity index (χ1) is 21.5. The number of nitrogens with zero attached hydrogens (tertiary/aromatic N) is 2. The lowest BCUT2D eigenvalue weighted by molar-refractivity contribution is -0.154. The Bertz CT molecular complexity index is 1810. The third kappa shape index (κ3) is 5.14. The summed E-state index contributed by atoms with van der Waals surface area (Å²) in [5.41, 5.74) is 0.243. The molecule has 12 heteroatoms. The molecule has 5 aliphatic rings. The molecule has 3 aromatic carbocycles. The lowest BCUT2D eigenvalue weighted by atomic mass is 9.63. The molecule has 4 aliphatic carbocycles. The van der Waals surface area contributed by atoms with Gasteiger partial charge in [-0.2, -0.15) is 5.01 Å². The van der Waals surface area contributed by atoms with Gasteiger partial charge in [0.25, 0.3) is 17.7 Å². The van der Waals surface area contributed by atoms with Crippen LogP contribution in [0.3, 0.4) is 0 Å². The van der Waals surface area contributed by atoms with Crippen molar-refractivity contribution in [2.45, 2.75) is 6.42 Å². The van der Waals surface area contributed by atoms with Crippen molar-refractivity contribution in [1.29, 1.82) is 0 Å². The van der Waals surface area contributed by atoms with Crippen LogP contribution < -0.4 is 4.74 Å². The first-order valence-corrected chi connectivity index (χ1v) is 15.7. The Morgan fingerprint density at radius 1 is 0.756 bits per heavy atom. The minimum atomic E-state index is -0.791. The molecule has 3 aromatic rings. The summed E-state index contributed by atoms with van der Waals surface area (Å²) in [6.07, 6.45) is 5.03. The molecule has 0 spiro atoms. The van der Waals surface area contributed by atoms with Gasteiger partial charge in [0.15, 0.2) is 5.78 Å². The van der Waals surface area contributed by atoms with E-state index in [-0.39, 0.29) is 44.3 Å². The molecule has 1 heterocycles. The number of carbonyl (C=O) groups excluding carboxylic acids is 5. The number of benzene rings is 3. The Morgan fingerprint density at radius 2 is 1.29 bits per heavy atom. The maximum absolute atomic E-state index is 13.9. The minimum absolute atomic E-state index is 0.0106. The predicted octanol–water partition coefficient (Wildman–Crippen LogP) is 6.81. The van der Waals surface area contributed by atoms with Crippen LogP contribution in [0.2, 0.25) is 20.1 Å². The Kier molecular flexibility index (Phi) is 7.52. The molecular weight excluding hydrogens is 662 g/mol. The second kappa shape index (κ2) is 11.3. The molecule has 2 saturated carbocycles. The van der Waals surface area contributed by atoms with Crippen LogP contribution in [0.1, 0.15) is 37.5 Å². The number of hydrazine groups is 1. The highest BCUT2D eigenvalue weighted by molar-refractivity contribution is 6.37. The molecule has 45 heavy (non-hydrogen) atoms. The molecule has 3 amide bonds. The number of allylic oxidation sites excluding steroid dienone is 2. The number of carbonyl (C=O) groups is 5. The number of ether oxygens (including phenoxy) is 1. The monoisotopic (exact) mass is 682 g/mol. The molecule has 228 valence electrons. The van der Waals surface area contributed by atoms with Gasteiger partial charge in [0.2, 0.25) is 0 Å². The number of imide groups is 1. The van der Waals surface area contributed by atoms with E-state index in [4.69, 9.17) is 51.1 Å².